The minimum absolute atomic E-state index is 0.0892. The van der Waals surface area contributed by atoms with E-state index < -0.39 is 10.0 Å². The van der Waals surface area contributed by atoms with Crippen molar-refractivity contribution < 1.29 is 22.5 Å². The van der Waals surface area contributed by atoms with E-state index in [0.717, 1.165) is 25.7 Å². The van der Waals surface area contributed by atoms with Crippen molar-refractivity contribution in [1.29, 1.82) is 0 Å². The molecule has 0 N–H and O–H groups in total. The van der Waals surface area contributed by atoms with Crippen LogP contribution in [0.25, 0.3) is 0 Å². The Kier molecular flexibility index (Phi) is 5.55. The van der Waals surface area contributed by atoms with Crippen molar-refractivity contribution in [3.8, 4) is 5.75 Å². The van der Waals surface area contributed by atoms with E-state index in [2.05, 4.69) is 10.1 Å². The number of anilines is 1. The third-order valence-electron chi connectivity index (χ3n) is 5.19. The summed E-state index contributed by atoms with van der Waals surface area (Å²) in [6.07, 6.45) is 4.39. The van der Waals surface area contributed by atoms with Gasteiger partial charge in [0.1, 0.15) is 5.75 Å². The van der Waals surface area contributed by atoms with Crippen molar-refractivity contribution >= 4 is 21.6 Å². The van der Waals surface area contributed by atoms with E-state index in [0.29, 0.717) is 42.7 Å². The maximum absolute atomic E-state index is 13.2. The molecule has 2 aliphatic rings. The highest BCUT2D eigenvalue weighted by Crippen LogP contribution is 2.36. The molecule has 1 aromatic heterocycles. The first-order valence-electron chi connectivity index (χ1n) is 9.88. The summed E-state index contributed by atoms with van der Waals surface area (Å²) in [7, 11) is -3.64. The van der Waals surface area contributed by atoms with Crippen LogP contribution < -0.4 is 9.64 Å². The fourth-order valence-corrected chi connectivity index (χ4v) is 5.12. The molecule has 0 saturated carbocycles. The highest BCUT2D eigenvalue weighted by molar-refractivity contribution is 7.89. The number of fused-ring (bicyclic) bond motifs is 1. The van der Waals surface area contributed by atoms with E-state index in [1.807, 2.05) is 6.92 Å². The van der Waals surface area contributed by atoms with Crippen LogP contribution in [0.3, 0.4) is 0 Å². The average Bonchev–Trinajstić information content (AvgIpc) is 2.99. The zero-order chi connectivity index (χ0) is 20.4. The van der Waals surface area contributed by atoms with Gasteiger partial charge in [0.15, 0.2) is 12.4 Å². The first kappa shape index (κ1) is 19.8. The number of nitrogens with zero attached hydrogens (tertiary/aromatic N) is 4. The Labute approximate surface area is 169 Å². The third kappa shape index (κ3) is 3.99. The van der Waals surface area contributed by atoms with Gasteiger partial charge in [0.2, 0.25) is 15.9 Å². The molecule has 2 aliphatic heterocycles. The van der Waals surface area contributed by atoms with Crippen LogP contribution >= 0.6 is 0 Å². The van der Waals surface area contributed by atoms with Gasteiger partial charge < -0.3 is 9.26 Å². The van der Waals surface area contributed by atoms with Crippen LogP contribution in [0.2, 0.25) is 0 Å². The van der Waals surface area contributed by atoms with Crippen LogP contribution in [0.1, 0.15) is 44.3 Å². The van der Waals surface area contributed by atoms with Crippen LogP contribution in [-0.4, -0.2) is 48.5 Å². The van der Waals surface area contributed by atoms with Crippen LogP contribution in [0.4, 0.5) is 5.69 Å². The molecule has 1 aromatic carbocycles. The predicted molar refractivity (Wildman–Crippen MR) is 104 cm³/mol. The molecule has 1 amide bonds. The van der Waals surface area contributed by atoms with Gasteiger partial charge in [0.05, 0.1) is 17.1 Å². The highest BCUT2D eigenvalue weighted by atomic mass is 32.2. The number of hydrogen-bond donors (Lipinski definition) is 0. The lowest BCUT2D eigenvalue weighted by Gasteiger charge is -2.29. The molecule has 2 aromatic rings. The summed E-state index contributed by atoms with van der Waals surface area (Å²) in [5.74, 6) is 1.02. The van der Waals surface area contributed by atoms with Crippen molar-refractivity contribution in [1.82, 2.24) is 14.4 Å². The van der Waals surface area contributed by atoms with E-state index in [4.69, 9.17) is 9.26 Å². The summed E-state index contributed by atoms with van der Waals surface area (Å²) in [5.41, 5.74) is 0.403. The van der Waals surface area contributed by atoms with Gasteiger partial charge in [-0.25, -0.2) is 8.42 Å². The Bertz CT molecular complexity index is 996. The van der Waals surface area contributed by atoms with E-state index in [1.54, 1.807) is 6.07 Å². The fourth-order valence-electron chi connectivity index (χ4n) is 3.59. The molecule has 0 spiro atoms. The number of carbonyl (C=O) groups is 1. The molecular formula is C19H24N4O5S. The lowest BCUT2D eigenvalue weighted by Crippen LogP contribution is -2.39. The zero-order valence-corrected chi connectivity index (χ0v) is 17.2. The van der Waals surface area contributed by atoms with Gasteiger partial charge in [-0.15, -0.1) is 0 Å². The van der Waals surface area contributed by atoms with Crippen LogP contribution in [0, 0.1) is 0 Å². The lowest BCUT2D eigenvalue weighted by atomic mass is 10.2. The molecule has 9 nitrogen and oxygen atoms in total. The second-order valence-electron chi connectivity index (χ2n) is 7.17. The topological polar surface area (TPSA) is 106 Å². The number of aromatic nitrogens is 2. The van der Waals surface area contributed by atoms with E-state index in [1.165, 1.54) is 21.3 Å². The SMILES string of the molecule is CCc1nc(CN2C(=O)COc3ccc(S(=O)(=O)N4CCCCCC4)cc32)no1. The molecule has 10 heteroatoms. The number of rotatable bonds is 5. The summed E-state index contributed by atoms with van der Waals surface area (Å²) in [6, 6.07) is 4.65. The smallest absolute Gasteiger partial charge is 0.265 e. The number of hydrogen-bond acceptors (Lipinski definition) is 7. The van der Waals surface area contributed by atoms with Crippen molar-refractivity contribution in [3.63, 3.8) is 0 Å². The number of amides is 1. The molecule has 29 heavy (non-hydrogen) atoms. The quantitative estimate of drug-likeness (QED) is 0.729. The Morgan fingerprint density at radius 2 is 1.90 bits per heavy atom. The molecule has 3 heterocycles. The molecule has 156 valence electrons. The highest BCUT2D eigenvalue weighted by Gasteiger charge is 2.31. The number of benzene rings is 1. The monoisotopic (exact) mass is 420 g/mol. The third-order valence-corrected chi connectivity index (χ3v) is 7.08. The summed E-state index contributed by atoms with van der Waals surface area (Å²) in [5, 5.41) is 3.90. The Morgan fingerprint density at radius 3 is 2.59 bits per heavy atom. The van der Waals surface area contributed by atoms with Gasteiger partial charge in [-0.3, -0.25) is 9.69 Å². The minimum Gasteiger partial charge on any atom is -0.482 e. The molecular weight excluding hydrogens is 396 g/mol. The van der Waals surface area contributed by atoms with Gasteiger partial charge in [-0.2, -0.15) is 9.29 Å². The van der Waals surface area contributed by atoms with Gasteiger partial charge in [0, 0.05) is 19.5 Å². The molecule has 1 fully saturated rings. The van der Waals surface area contributed by atoms with Crippen LogP contribution in [0.5, 0.6) is 5.75 Å². The average molecular weight is 420 g/mol. The Hall–Kier alpha value is -2.46. The number of ether oxygens (including phenoxy) is 1. The number of carbonyl (C=O) groups excluding carboxylic acids is 1. The molecule has 0 atom stereocenters. The normalized spacial score (nSPS) is 18.2. The van der Waals surface area contributed by atoms with Crippen LogP contribution in [0.15, 0.2) is 27.6 Å². The summed E-state index contributed by atoms with van der Waals surface area (Å²) >= 11 is 0. The van der Waals surface area contributed by atoms with Gasteiger partial charge in [0.25, 0.3) is 5.91 Å². The summed E-state index contributed by atoms with van der Waals surface area (Å²) in [6.45, 7) is 2.89. The Morgan fingerprint density at radius 1 is 1.14 bits per heavy atom. The molecule has 1 saturated heterocycles. The van der Waals surface area contributed by atoms with E-state index in [-0.39, 0.29) is 24.0 Å². The maximum atomic E-state index is 13.2. The molecule has 0 bridgehead atoms. The predicted octanol–water partition coefficient (Wildman–Crippen LogP) is 2.12. The zero-order valence-electron chi connectivity index (χ0n) is 16.3. The van der Waals surface area contributed by atoms with Crippen molar-refractivity contribution in [2.24, 2.45) is 0 Å². The summed E-state index contributed by atoms with van der Waals surface area (Å²) in [4.78, 5) is 18.4. The van der Waals surface area contributed by atoms with Crippen LogP contribution in [-0.2, 0) is 27.8 Å². The molecule has 4 rings (SSSR count). The second kappa shape index (κ2) is 8.11. The first-order valence-corrected chi connectivity index (χ1v) is 11.3. The van der Waals surface area contributed by atoms with Crippen molar-refractivity contribution in [2.45, 2.75) is 50.5 Å². The van der Waals surface area contributed by atoms with E-state index >= 15 is 0 Å². The molecule has 0 unspecified atom stereocenters. The standard InChI is InChI=1S/C19H24N4O5S/c1-2-18-20-17(21-28-18)12-23-15-11-14(7-8-16(15)27-13-19(23)24)29(25,26)22-9-5-3-4-6-10-22/h7-8,11H,2-6,9-10,12-13H2,1H3. The van der Waals surface area contributed by atoms with Crippen molar-refractivity contribution in [3.05, 3.63) is 29.9 Å². The molecule has 0 radical (unpaired) electrons. The second-order valence-corrected chi connectivity index (χ2v) is 9.11. The largest absolute Gasteiger partial charge is 0.482 e. The van der Waals surface area contributed by atoms with Gasteiger partial charge >= 0.3 is 0 Å². The van der Waals surface area contributed by atoms with Gasteiger partial charge in [-0.1, -0.05) is 24.9 Å². The fraction of sp³-hybridized carbons (Fsp3) is 0.526. The summed E-state index contributed by atoms with van der Waals surface area (Å²) < 4.78 is 38.5. The van der Waals surface area contributed by atoms with Crippen molar-refractivity contribution in [2.75, 3.05) is 24.6 Å². The molecule has 0 aliphatic carbocycles. The maximum Gasteiger partial charge on any atom is 0.265 e. The lowest BCUT2D eigenvalue weighted by molar-refractivity contribution is -0.121. The van der Waals surface area contributed by atoms with Gasteiger partial charge in [-0.05, 0) is 31.0 Å². The number of sulfonamides is 1. The first-order chi connectivity index (χ1) is 14.0. The number of aryl methyl sites for hydroxylation is 1. The Balaban J connectivity index is 1.66. The van der Waals surface area contributed by atoms with E-state index in [9.17, 15) is 13.2 Å². The minimum atomic E-state index is -3.64.